The Kier molecular flexibility index (Phi) is 5.25. The minimum Gasteiger partial charge on any atom is -0.493 e. The van der Waals surface area contributed by atoms with Crippen molar-refractivity contribution in [1.29, 1.82) is 0 Å². The van der Waals surface area contributed by atoms with Gasteiger partial charge in [-0.25, -0.2) is 0 Å². The molecule has 1 atom stereocenters. The fraction of sp³-hybridized carbons (Fsp3) is 0.417. The molecule has 0 aliphatic rings. The van der Waals surface area contributed by atoms with E-state index < -0.39 is 6.10 Å². The molecule has 0 saturated carbocycles. The van der Waals surface area contributed by atoms with Gasteiger partial charge in [-0.05, 0) is 25.1 Å². The van der Waals surface area contributed by atoms with Crippen LogP contribution in [-0.2, 0) is 4.79 Å². The van der Waals surface area contributed by atoms with Gasteiger partial charge in [0.1, 0.15) is 5.75 Å². The lowest BCUT2D eigenvalue weighted by Gasteiger charge is -2.13. The fourth-order valence-corrected chi connectivity index (χ4v) is 1.54. The standard InChI is InChI=1S/C12H16ClNO3/c1-8(15)10-7-9(13)3-4-11(10)17-6-5-12(16)14-2/h3-4,7-8,15H,5-6H2,1-2H3,(H,14,16)/t8-/m1/s1. The molecule has 5 heteroatoms. The second kappa shape index (κ2) is 6.47. The molecule has 1 aromatic rings. The Labute approximate surface area is 106 Å². The SMILES string of the molecule is CNC(=O)CCOc1ccc(Cl)cc1[C@@H](C)O. The maximum absolute atomic E-state index is 11.0. The molecule has 4 nitrogen and oxygen atoms in total. The van der Waals surface area contributed by atoms with E-state index in [2.05, 4.69) is 5.32 Å². The summed E-state index contributed by atoms with van der Waals surface area (Å²) in [6.45, 7) is 1.90. The zero-order chi connectivity index (χ0) is 12.8. The highest BCUT2D eigenvalue weighted by molar-refractivity contribution is 6.30. The zero-order valence-electron chi connectivity index (χ0n) is 9.87. The number of carbonyl (C=O) groups is 1. The molecule has 1 aromatic carbocycles. The average molecular weight is 258 g/mol. The molecule has 0 saturated heterocycles. The molecule has 0 aliphatic heterocycles. The molecule has 0 bridgehead atoms. The van der Waals surface area contributed by atoms with E-state index in [9.17, 15) is 9.90 Å². The fourth-order valence-electron chi connectivity index (χ4n) is 1.36. The lowest BCUT2D eigenvalue weighted by Crippen LogP contribution is -2.20. The number of nitrogens with one attached hydrogen (secondary N) is 1. The predicted molar refractivity (Wildman–Crippen MR) is 66.3 cm³/mol. The summed E-state index contributed by atoms with van der Waals surface area (Å²) in [6, 6.07) is 5.03. The summed E-state index contributed by atoms with van der Waals surface area (Å²) >= 11 is 5.84. The highest BCUT2D eigenvalue weighted by Gasteiger charge is 2.10. The van der Waals surface area contributed by atoms with Gasteiger partial charge in [0.15, 0.2) is 0 Å². The lowest BCUT2D eigenvalue weighted by atomic mass is 10.1. The third kappa shape index (κ3) is 4.24. The van der Waals surface area contributed by atoms with Gasteiger partial charge in [0, 0.05) is 17.6 Å². The second-order valence-corrected chi connectivity index (χ2v) is 4.07. The van der Waals surface area contributed by atoms with Crippen molar-refractivity contribution in [1.82, 2.24) is 5.32 Å². The summed E-state index contributed by atoms with van der Waals surface area (Å²) < 4.78 is 5.45. The maximum atomic E-state index is 11.0. The highest BCUT2D eigenvalue weighted by Crippen LogP contribution is 2.28. The Balaban J connectivity index is 2.67. The minimum absolute atomic E-state index is 0.0856. The Morgan fingerprint density at radius 2 is 2.29 bits per heavy atom. The number of hydrogen-bond acceptors (Lipinski definition) is 3. The Morgan fingerprint density at radius 3 is 2.88 bits per heavy atom. The van der Waals surface area contributed by atoms with Crippen LogP contribution in [0.4, 0.5) is 0 Å². The number of hydrogen-bond donors (Lipinski definition) is 2. The smallest absolute Gasteiger partial charge is 0.223 e. The van der Waals surface area contributed by atoms with E-state index >= 15 is 0 Å². The number of rotatable bonds is 5. The zero-order valence-corrected chi connectivity index (χ0v) is 10.6. The van der Waals surface area contributed by atoms with Gasteiger partial charge in [0.2, 0.25) is 5.91 Å². The first-order valence-corrected chi connectivity index (χ1v) is 5.73. The molecule has 0 spiro atoms. The molecule has 0 radical (unpaired) electrons. The molecular formula is C12H16ClNO3. The van der Waals surface area contributed by atoms with Gasteiger partial charge in [-0.3, -0.25) is 4.79 Å². The normalized spacial score (nSPS) is 12.0. The molecule has 0 aromatic heterocycles. The number of halogens is 1. The van der Waals surface area contributed by atoms with Crippen molar-refractivity contribution in [2.75, 3.05) is 13.7 Å². The van der Waals surface area contributed by atoms with Crippen LogP contribution in [0.3, 0.4) is 0 Å². The van der Waals surface area contributed by atoms with Crippen molar-refractivity contribution >= 4 is 17.5 Å². The maximum Gasteiger partial charge on any atom is 0.223 e. The van der Waals surface area contributed by atoms with E-state index in [-0.39, 0.29) is 18.9 Å². The first kappa shape index (κ1) is 13.8. The van der Waals surface area contributed by atoms with Crippen LogP contribution in [0.2, 0.25) is 5.02 Å². The predicted octanol–water partition coefficient (Wildman–Crippen LogP) is 1.91. The van der Waals surface area contributed by atoms with E-state index in [0.29, 0.717) is 16.3 Å². The van der Waals surface area contributed by atoms with E-state index in [1.54, 1.807) is 32.2 Å². The molecule has 17 heavy (non-hydrogen) atoms. The third-order valence-electron chi connectivity index (χ3n) is 2.29. The number of ether oxygens (including phenoxy) is 1. The minimum atomic E-state index is -0.663. The van der Waals surface area contributed by atoms with Crippen LogP contribution in [0.1, 0.15) is 25.0 Å². The van der Waals surface area contributed by atoms with Crippen molar-refractivity contribution in [2.24, 2.45) is 0 Å². The summed E-state index contributed by atoms with van der Waals surface area (Å²) in [5.41, 5.74) is 0.620. The van der Waals surface area contributed by atoms with Crippen molar-refractivity contribution in [3.63, 3.8) is 0 Å². The van der Waals surface area contributed by atoms with Crippen LogP contribution in [0.25, 0.3) is 0 Å². The topological polar surface area (TPSA) is 58.6 Å². The van der Waals surface area contributed by atoms with Gasteiger partial charge in [0.25, 0.3) is 0 Å². The largest absolute Gasteiger partial charge is 0.493 e. The summed E-state index contributed by atoms with van der Waals surface area (Å²) in [4.78, 5) is 11.0. The molecule has 94 valence electrons. The number of carbonyl (C=O) groups excluding carboxylic acids is 1. The summed E-state index contributed by atoms with van der Waals surface area (Å²) in [7, 11) is 1.58. The quantitative estimate of drug-likeness (QED) is 0.847. The van der Waals surface area contributed by atoms with Crippen LogP contribution in [0.15, 0.2) is 18.2 Å². The van der Waals surface area contributed by atoms with Crippen molar-refractivity contribution in [3.8, 4) is 5.75 Å². The van der Waals surface area contributed by atoms with Crippen LogP contribution in [-0.4, -0.2) is 24.7 Å². The first-order chi connectivity index (χ1) is 8.04. The van der Waals surface area contributed by atoms with Crippen LogP contribution < -0.4 is 10.1 Å². The molecule has 0 heterocycles. The summed E-state index contributed by atoms with van der Waals surface area (Å²) in [5, 5.41) is 12.6. The third-order valence-corrected chi connectivity index (χ3v) is 2.52. The second-order valence-electron chi connectivity index (χ2n) is 3.63. The van der Waals surface area contributed by atoms with E-state index in [0.717, 1.165) is 0 Å². The lowest BCUT2D eigenvalue weighted by molar-refractivity contribution is -0.121. The molecule has 0 fully saturated rings. The number of aliphatic hydroxyl groups excluding tert-OH is 1. The van der Waals surface area contributed by atoms with Crippen molar-refractivity contribution in [2.45, 2.75) is 19.4 Å². The van der Waals surface area contributed by atoms with E-state index in [1.807, 2.05) is 0 Å². The molecule has 1 rings (SSSR count). The van der Waals surface area contributed by atoms with E-state index in [4.69, 9.17) is 16.3 Å². The van der Waals surface area contributed by atoms with Gasteiger partial charge in [-0.1, -0.05) is 11.6 Å². The van der Waals surface area contributed by atoms with Crippen molar-refractivity contribution in [3.05, 3.63) is 28.8 Å². The number of benzene rings is 1. The average Bonchev–Trinajstić information content (AvgIpc) is 2.30. The van der Waals surface area contributed by atoms with Crippen LogP contribution >= 0.6 is 11.6 Å². The molecule has 1 amide bonds. The monoisotopic (exact) mass is 257 g/mol. The van der Waals surface area contributed by atoms with Gasteiger partial charge < -0.3 is 15.2 Å². The van der Waals surface area contributed by atoms with Gasteiger partial charge >= 0.3 is 0 Å². The van der Waals surface area contributed by atoms with Gasteiger partial charge in [0.05, 0.1) is 19.1 Å². The van der Waals surface area contributed by atoms with Crippen LogP contribution in [0.5, 0.6) is 5.75 Å². The molecule has 0 aliphatic carbocycles. The Hall–Kier alpha value is -1.26. The molecular weight excluding hydrogens is 242 g/mol. The van der Waals surface area contributed by atoms with Gasteiger partial charge in [-0.15, -0.1) is 0 Å². The Morgan fingerprint density at radius 1 is 1.59 bits per heavy atom. The molecule has 2 N–H and O–H groups in total. The number of amides is 1. The highest BCUT2D eigenvalue weighted by atomic mass is 35.5. The first-order valence-electron chi connectivity index (χ1n) is 5.35. The Bertz CT molecular complexity index is 393. The summed E-state index contributed by atoms with van der Waals surface area (Å²) in [6.07, 6.45) is -0.387. The van der Waals surface area contributed by atoms with Gasteiger partial charge in [-0.2, -0.15) is 0 Å². The summed E-state index contributed by atoms with van der Waals surface area (Å²) in [5.74, 6) is 0.464. The molecule has 0 unspecified atom stereocenters. The van der Waals surface area contributed by atoms with Crippen molar-refractivity contribution < 1.29 is 14.6 Å². The van der Waals surface area contributed by atoms with E-state index in [1.165, 1.54) is 0 Å². The van der Waals surface area contributed by atoms with Crippen LogP contribution in [0, 0.1) is 0 Å². The number of aliphatic hydroxyl groups is 1.